The summed E-state index contributed by atoms with van der Waals surface area (Å²) in [4.78, 5) is 0. The van der Waals surface area contributed by atoms with Gasteiger partial charge in [-0.1, -0.05) is 55.4 Å². The van der Waals surface area contributed by atoms with E-state index in [1.165, 1.54) is 0 Å². The first-order valence-electron chi connectivity index (χ1n) is 7.36. The van der Waals surface area contributed by atoms with Crippen molar-refractivity contribution >= 4 is 17.0 Å². The van der Waals surface area contributed by atoms with Crippen LogP contribution in [0.4, 0.5) is 0 Å². The van der Waals surface area contributed by atoms with Gasteiger partial charge < -0.3 is 10.2 Å². The molecule has 2 N–H and O–H groups in total. The molecule has 0 aromatic rings. The zero-order chi connectivity index (χ0) is 17.0. The van der Waals surface area contributed by atoms with Crippen LogP contribution in [0.3, 0.4) is 0 Å². The van der Waals surface area contributed by atoms with Gasteiger partial charge in [0.05, 0.1) is 0 Å². The van der Waals surface area contributed by atoms with Crippen molar-refractivity contribution in [2.24, 2.45) is 22.7 Å². The normalized spacial score (nSPS) is 11.0. The zero-order valence-electron chi connectivity index (χ0n) is 15.1. The van der Waals surface area contributed by atoms with Crippen molar-refractivity contribution in [1.82, 2.24) is 0 Å². The monoisotopic (exact) mass is 407 g/mol. The summed E-state index contributed by atoms with van der Waals surface area (Å²) in [5, 5.41) is 17.7. The van der Waals surface area contributed by atoms with Crippen molar-refractivity contribution in [1.29, 1.82) is 0 Å². The van der Waals surface area contributed by atoms with E-state index in [1.807, 2.05) is 0 Å². The molecular weight excluding hydrogens is 371 g/mol. The first kappa shape index (κ1) is 29.8. The van der Waals surface area contributed by atoms with E-state index < -0.39 is 0 Å². The molecule has 5 heteroatoms. The molecule has 0 amide bonds. The molecule has 0 fully saturated rings. The van der Waals surface area contributed by atoms with Crippen LogP contribution in [0.2, 0.25) is 0 Å². The van der Waals surface area contributed by atoms with Gasteiger partial charge in [-0.15, -0.1) is 17.0 Å². The second kappa shape index (κ2) is 15.7. The summed E-state index contributed by atoms with van der Waals surface area (Å²) in [5.74, 6) is 1.37. The third kappa shape index (κ3) is 26.0. The molecule has 0 saturated carbocycles. The van der Waals surface area contributed by atoms with Gasteiger partial charge in [-0.2, -0.15) is 0 Å². The van der Waals surface area contributed by atoms with Crippen molar-refractivity contribution in [3.05, 3.63) is 0 Å². The van der Waals surface area contributed by atoms with E-state index in [2.05, 4.69) is 55.4 Å². The molecule has 0 aromatic heterocycles. The summed E-state index contributed by atoms with van der Waals surface area (Å²) in [5.41, 5.74) is 0.238. The average Bonchev–Trinajstić information content (AvgIpc) is 2.29. The van der Waals surface area contributed by atoms with Gasteiger partial charge in [0.1, 0.15) is 0 Å². The third-order valence-corrected chi connectivity index (χ3v) is 2.78. The van der Waals surface area contributed by atoms with Crippen LogP contribution in [0.5, 0.6) is 0 Å². The average molecular weight is 408 g/mol. The first-order chi connectivity index (χ1) is 8.95. The number of hydrogen-bond donors (Lipinski definition) is 2. The molecule has 0 atom stereocenters. The molecule has 0 bridgehead atoms. The molecule has 3 nitrogen and oxygen atoms in total. The Labute approximate surface area is 152 Å². The molecule has 0 saturated heterocycles. The minimum absolute atomic E-state index is 0. The molecule has 0 heterocycles. The van der Waals surface area contributed by atoms with Crippen LogP contribution in [0.1, 0.15) is 68.2 Å². The van der Waals surface area contributed by atoms with E-state index in [4.69, 9.17) is 13.9 Å². The van der Waals surface area contributed by atoms with Crippen molar-refractivity contribution in [3.8, 4) is 0 Å². The van der Waals surface area contributed by atoms with Crippen molar-refractivity contribution in [2.75, 3.05) is 13.2 Å². The number of halogens is 1. The van der Waals surface area contributed by atoms with Crippen molar-refractivity contribution in [3.63, 3.8) is 0 Å². The van der Waals surface area contributed by atoms with Gasteiger partial charge in [-0.05, 0) is 35.5 Å². The molecule has 0 aliphatic heterocycles. The van der Waals surface area contributed by atoms with Crippen LogP contribution in [0, 0.1) is 22.7 Å². The van der Waals surface area contributed by atoms with Crippen LogP contribution in [-0.4, -0.2) is 23.4 Å². The Bertz CT molecular complexity index is 198. The van der Waals surface area contributed by atoms with E-state index in [0.29, 0.717) is 25.0 Å². The molecule has 131 valence electrons. The Kier molecular flexibility index (Phi) is 22.2. The predicted molar refractivity (Wildman–Crippen MR) is 91.7 cm³/mol. The predicted octanol–water partition coefficient (Wildman–Crippen LogP) is 4.56. The molecular formula is C16H37BrO3V. The van der Waals surface area contributed by atoms with E-state index in [1.54, 1.807) is 0 Å². The fraction of sp³-hybridized carbons (Fsp3) is 1.00. The molecule has 0 aliphatic rings. The Balaban J connectivity index is -0.000000118. The summed E-state index contributed by atoms with van der Waals surface area (Å²) < 4.78 is 8.19. The van der Waals surface area contributed by atoms with Gasteiger partial charge in [-0.3, -0.25) is 0 Å². The summed E-state index contributed by atoms with van der Waals surface area (Å²) in [7, 11) is 0. The van der Waals surface area contributed by atoms with Gasteiger partial charge in [0.2, 0.25) is 0 Å². The molecule has 0 aromatic carbocycles. The quantitative estimate of drug-likeness (QED) is 0.678. The zero-order valence-corrected chi connectivity index (χ0v) is 18.3. The maximum atomic E-state index is 8.84. The first-order valence-corrected chi connectivity index (χ1v) is 7.93. The summed E-state index contributed by atoms with van der Waals surface area (Å²) >= 11 is 1.06. The summed E-state index contributed by atoms with van der Waals surface area (Å²) in [6.07, 6.45) is 2.20. The number of aliphatic hydroxyl groups excluding tert-OH is 2. The number of aliphatic hydroxyl groups is 2. The van der Waals surface area contributed by atoms with E-state index in [-0.39, 0.29) is 27.8 Å². The second-order valence-electron chi connectivity index (χ2n) is 7.84. The minimum atomic E-state index is 0. The number of hydrogen-bond acceptors (Lipinski definition) is 3. The second-order valence-corrected chi connectivity index (χ2v) is 7.84. The van der Waals surface area contributed by atoms with Crippen LogP contribution < -0.4 is 0 Å². The molecule has 0 rings (SSSR count). The Morgan fingerprint density at radius 2 is 0.952 bits per heavy atom. The van der Waals surface area contributed by atoms with E-state index in [9.17, 15) is 0 Å². The van der Waals surface area contributed by atoms with Crippen LogP contribution in [0.15, 0.2) is 0 Å². The fourth-order valence-corrected chi connectivity index (χ4v) is 2.34. The Morgan fingerprint density at radius 1 is 0.762 bits per heavy atom. The molecule has 0 radical (unpaired) electrons. The van der Waals surface area contributed by atoms with Gasteiger partial charge in [-0.25, -0.2) is 0 Å². The van der Waals surface area contributed by atoms with Gasteiger partial charge in [0.15, 0.2) is 0 Å². The van der Waals surface area contributed by atoms with E-state index >= 15 is 0 Å². The van der Waals surface area contributed by atoms with Gasteiger partial charge in [0.25, 0.3) is 0 Å². The van der Waals surface area contributed by atoms with Crippen LogP contribution in [-0.2, 0) is 21.0 Å². The van der Waals surface area contributed by atoms with Crippen LogP contribution >= 0.6 is 17.0 Å². The molecule has 21 heavy (non-hydrogen) atoms. The maximum absolute atomic E-state index is 8.84. The SMILES string of the molecule is Br.CC(C)CC(C)(C)CO.CC(C)CC(C)(C)CO.[O]=[V]. The van der Waals surface area contributed by atoms with Gasteiger partial charge in [0, 0.05) is 13.2 Å². The van der Waals surface area contributed by atoms with Crippen LogP contribution in [0.25, 0.3) is 0 Å². The molecule has 0 aliphatic carbocycles. The Morgan fingerprint density at radius 3 is 1.00 bits per heavy atom. The van der Waals surface area contributed by atoms with E-state index in [0.717, 1.165) is 30.2 Å². The standard InChI is InChI=1S/2C8H18O.BrH.O.V/c2*1-7(2)5-8(3,4)6-9;;;/h2*7,9H,5-6H2,1-4H3;1H;;. The third-order valence-electron chi connectivity index (χ3n) is 2.78. The summed E-state index contributed by atoms with van der Waals surface area (Å²) in [6.45, 7) is 17.7. The molecule has 0 unspecified atom stereocenters. The topological polar surface area (TPSA) is 57.5 Å². The Hall–Kier alpha value is 0.784. The number of rotatable bonds is 6. The van der Waals surface area contributed by atoms with Gasteiger partial charge >= 0.3 is 21.0 Å². The summed E-state index contributed by atoms with van der Waals surface area (Å²) in [6, 6.07) is 0. The fourth-order valence-electron chi connectivity index (χ4n) is 2.34. The molecule has 0 spiro atoms. The van der Waals surface area contributed by atoms with Crippen molar-refractivity contribution < 1.29 is 31.3 Å². The van der Waals surface area contributed by atoms with Crippen molar-refractivity contribution in [2.45, 2.75) is 68.2 Å².